The van der Waals surface area contributed by atoms with E-state index in [-0.39, 0.29) is 5.69 Å². The first-order chi connectivity index (χ1) is 13.1. The predicted molar refractivity (Wildman–Crippen MR) is 108 cm³/mol. The lowest BCUT2D eigenvalue weighted by atomic mass is 10.1. The van der Waals surface area contributed by atoms with Crippen molar-refractivity contribution < 1.29 is 0 Å². The van der Waals surface area contributed by atoms with E-state index in [4.69, 9.17) is 5.73 Å². The van der Waals surface area contributed by atoms with Crippen LogP contribution in [0.15, 0.2) is 35.4 Å². The van der Waals surface area contributed by atoms with Crippen LogP contribution >= 0.6 is 0 Å². The summed E-state index contributed by atoms with van der Waals surface area (Å²) in [5.41, 5.74) is 6.89. The second-order valence-corrected chi connectivity index (χ2v) is 7.21. The van der Waals surface area contributed by atoms with Gasteiger partial charge in [-0.05, 0) is 69.4 Å². The smallest absolute Gasteiger partial charge is 0.328 e. The largest absolute Gasteiger partial charge is 0.349 e. The molecule has 0 unspecified atom stereocenters. The maximum Gasteiger partial charge on any atom is 0.349 e. The second-order valence-electron chi connectivity index (χ2n) is 7.21. The summed E-state index contributed by atoms with van der Waals surface area (Å²) in [6.07, 6.45) is 8.82. The third kappa shape index (κ3) is 5.87. The highest BCUT2D eigenvalue weighted by Crippen LogP contribution is 2.12. The molecular weight excluding hydrogens is 340 g/mol. The summed E-state index contributed by atoms with van der Waals surface area (Å²) in [6, 6.07) is 6.12. The lowest BCUT2D eigenvalue weighted by Crippen LogP contribution is -2.40. The first-order valence-corrected chi connectivity index (χ1v) is 9.91. The fourth-order valence-corrected chi connectivity index (χ4v) is 3.30. The molecule has 1 saturated heterocycles. The van der Waals surface area contributed by atoms with Crippen LogP contribution in [-0.2, 0) is 13.0 Å². The molecule has 0 aliphatic carbocycles. The fraction of sp³-hybridized carbons (Fsp3) is 0.550. The van der Waals surface area contributed by atoms with Gasteiger partial charge in [-0.1, -0.05) is 13.0 Å². The van der Waals surface area contributed by atoms with Crippen molar-refractivity contribution in [1.29, 1.82) is 0 Å². The highest BCUT2D eigenvalue weighted by molar-refractivity contribution is 5.50. The number of hydrogen-bond donors (Lipinski definition) is 2. The average molecular weight is 371 g/mol. The number of likely N-dealkylation sites (tertiary alicyclic amines) is 1. The number of nitrogens with two attached hydrogens (primary N) is 1. The number of aromatic nitrogens is 3. The first kappa shape index (κ1) is 19.5. The van der Waals surface area contributed by atoms with E-state index in [9.17, 15) is 4.79 Å². The van der Waals surface area contributed by atoms with E-state index in [1.165, 1.54) is 5.56 Å². The number of anilines is 2. The first-order valence-electron chi connectivity index (χ1n) is 9.91. The Morgan fingerprint density at radius 2 is 1.93 bits per heavy atom. The highest BCUT2D eigenvalue weighted by Gasteiger charge is 2.15. The summed E-state index contributed by atoms with van der Waals surface area (Å²) in [5.74, 6) is 1.22. The number of nitrogens with one attached hydrogen (secondary N) is 1. The molecule has 7 heteroatoms. The Bertz CT molecular complexity index is 765. The Balaban J connectivity index is 1.45. The van der Waals surface area contributed by atoms with Crippen LogP contribution in [0.3, 0.4) is 0 Å². The topological polar surface area (TPSA) is 89.1 Å². The average Bonchev–Trinajstić information content (AvgIpc) is 2.68. The van der Waals surface area contributed by atoms with Gasteiger partial charge >= 0.3 is 5.69 Å². The van der Waals surface area contributed by atoms with Gasteiger partial charge in [0, 0.05) is 25.0 Å². The normalized spacial score (nSPS) is 15.8. The summed E-state index contributed by atoms with van der Waals surface area (Å²) in [6.45, 7) is 6.05. The maximum absolute atomic E-state index is 12.2. The van der Waals surface area contributed by atoms with E-state index in [1.807, 2.05) is 24.4 Å². The Labute approximate surface area is 160 Å². The summed E-state index contributed by atoms with van der Waals surface area (Å²) in [5, 5.41) is 3.08. The molecular formula is C20H30N6O. The van der Waals surface area contributed by atoms with Crippen molar-refractivity contribution in [3.63, 3.8) is 0 Å². The Kier molecular flexibility index (Phi) is 6.95. The van der Waals surface area contributed by atoms with Gasteiger partial charge in [0.15, 0.2) is 0 Å². The molecule has 0 bridgehead atoms. The van der Waals surface area contributed by atoms with Crippen molar-refractivity contribution in [2.45, 2.75) is 51.6 Å². The molecule has 3 rings (SSSR count). The van der Waals surface area contributed by atoms with Crippen molar-refractivity contribution in [1.82, 2.24) is 19.4 Å². The van der Waals surface area contributed by atoms with Gasteiger partial charge in [-0.3, -0.25) is 4.57 Å². The number of rotatable bonds is 8. The molecule has 0 spiro atoms. The van der Waals surface area contributed by atoms with Crippen LogP contribution in [0.1, 0.15) is 38.2 Å². The van der Waals surface area contributed by atoms with Crippen molar-refractivity contribution >= 4 is 11.6 Å². The molecule has 1 aliphatic heterocycles. The molecule has 7 nitrogen and oxygen atoms in total. The molecule has 2 aromatic heterocycles. The number of unbranched alkanes of at least 4 members (excludes halogenated alkanes) is 1. The molecule has 1 fully saturated rings. The van der Waals surface area contributed by atoms with Gasteiger partial charge in [-0.15, -0.1) is 0 Å². The van der Waals surface area contributed by atoms with Gasteiger partial charge in [0.05, 0.1) is 0 Å². The SMILES string of the molecule is CCc1ccc(Nc2ccn(CCCCN3CCC(N)CC3)c(=O)n2)nc1. The summed E-state index contributed by atoms with van der Waals surface area (Å²) < 4.78 is 1.67. The van der Waals surface area contributed by atoms with Crippen LogP contribution in [0.25, 0.3) is 0 Å². The molecule has 146 valence electrons. The van der Waals surface area contributed by atoms with Gasteiger partial charge in [0.25, 0.3) is 0 Å². The number of hydrogen-bond acceptors (Lipinski definition) is 6. The number of aryl methyl sites for hydroxylation is 2. The number of pyridine rings is 1. The van der Waals surface area contributed by atoms with Crippen LogP contribution < -0.4 is 16.7 Å². The zero-order valence-corrected chi connectivity index (χ0v) is 16.1. The molecule has 1 aliphatic rings. The van der Waals surface area contributed by atoms with Gasteiger partial charge < -0.3 is 16.0 Å². The minimum absolute atomic E-state index is 0.228. The second kappa shape index (κ2) is 9.62. The maximum atomic E-state index is 12.2. The van der Waals surface area contributed by atoms with Crippen molar-refractivity contribution in [2.24, 2.45) is 5.73 Å². The summed E-state index contributed by atoms with van der Waals surface area (Å²) in [7, 11) is 0. The van der Waals surface area contributed by atoms with Crippen LogP contribution in [0.4, 0.5) is 11.6 Å². The van der Waals surface area contributed by atoms with Crippen LogP contribution in [0, 0.1) is 0 Å². The lowest BCUT2D eigenvalue weighted by Gasteiger charge is -2.29. The number of piperidine rings is 1. The number of nitrogens with zero attached hydrogens (tertiary/aromatic N) is 4. The fourth-order valence-electron chi connectivity index (χ4n) is 3.30. The van der Waals surface area contributed by atoms with Crippen LogP contribution in [0.5, 0.6) is 0 Å². The molecule has 0 radical (unpaired) electrons. The summed E-state index contributed by atoms with van der Waals surface area (Å²) in [4.78, 5) is 23.2. The summed E-state index contributed by atoms with van der Waals surface area (Å²) >= 11 is 0. The van der Waals surface area contributed by atoms with E-state index in [0.717, 1.165) is 51.7 Å². The third-order valence-electron chi connectivity index (χ3n) is 5.12. The Morgan fingerprint density at radius 3 is 2.59 bits per heavy atom. The van der Waals surface area contributed by atoms with Gasteiger partial charge in [-0.2, -0.15) is 4.98 Å². The monoisotopic (exact) mass is 370 g/mol. The van der Waals surface area contributed by atoms with Crippen molar-refractivity contribution in [3.05, 3.63) is 46.6 Å². The Morgan fingerprint density at radius 1 is 1.15 bits per heavy atom. The Hall–Kier alpha value is -2.25. The minimum Gasteiger partial charge on any atom is -0.328 e. The van der Waals surface area contributed by atoms with Crippen molar-refractivity contribution in [2.75, 3.05) is 25.0 Å². The zero-order chi connectivity index (χ0) is 19.1. The van der Waals surface area contributed by atoms with Crippen LogP contribution in [-0.4, -0.2) is 45.1 Å². The highest BCUT2D eigenvalue weighted by atomic mass is 16.1. The van der Waals surface area contributed by atoms with E-state index in [2.05, 4.69) is 27.1 Å². The zero-order valence-electron chi connectivity index (χ0n) is 16.1. The van der Waals surface area contributed by atoms with Crippen molar-refractivity contribution in [3.8, 4) is 0 Å². The third-order valence-corrected chi connectivity index (χ3v) is 5.12. The van der Waals surface area contributed by atoms with E-state index in [0.29, 0.717) is 24.2 Å². The van der Waals surface area contributed by atoms with E-state index in [1.54, 1.807) is 10.8 Å². The van der Waals surface area contributed by atoms with Gasteiger partial charge in [0.2, 0.25) is 0 Å². The molecule has 3 heterocycles. The van der Waals surface area contributed by atoms with E-state index < -0.39 is 0 Å². The minimum atomic E-state index is -0.228. The molecule has 2 aromatic rings. The van der Waals surface area contributed by atoms with Gasteiger partial charge in [-0.25, -0.2) is 9.78 Å². The quantitative estimate of drug-likeness (QED) is 0.692. The standard InChI is InChI=1S/C20H30N6O/c1-2-16-5-6-18(22-15-16)23-19-9-14-26(20(27)24-19)11-4-3-10-25-12-7-17(21)8-13-25/h5-6,9,14-15,17H,2-4,7-8,10-13,21H2,1H3,(H,22,23,24,27). The molecule has 0 amide bonds. The molecule has 0 saturated carbocycles. The van der Waals surface area contributed by atoms with E-state index >= 15 is 0 Å². The van der Waals surface area contributed by atoms with Gasteiger partial charge in [0.1, 0.15) is 11.6 Å². The molecule has 0 atom stereocenters. The van der Waals surface area contributed by atoms with Crippen LogP contribution in [0.2, 0.25) is 0 Å². The molecule has 27 heavy (non-hydrogen) atoms. The predicted octanol–water partition coefficient (Wildman–Crippen LogP) is 2.15. The lowest BCUT2D eigenvalue weighted by molar-refractivity contribution is 0.208. The molecule has 0 aromatic carbocycles. The molecule has 3 N–H and O–H groups in total.